The van der Waals surface area contributed by atoms with Crippen LogP contribution in [0.5, 0.6) is 0 Å². The highest BCUT2D eigenvalue weighted by molar-refractivity contribution is 6.34. The molecule has 2 rings (SSSR count). The van der Waals surface area contributed by atoms with Crippen molar-refractivity contribution < 1.29 is 4.74 Å². The Labute approximate surface area is 112 Å². The molecular weight excluding hydrogens is 257 g/mol. The van der Waals surface area contributed by atoms with Crippen LogP contribution in [-0.4, -0.2) is 18.8 Å². The summed E-state index contributed by atoms with van der Waals surface area (Å²) in [4.78, 5) is 0. The van der Waals surface area contributed by atoms with Crippen LogP contribution in [0, 0.1) is 0 Å². The molecule has 0 saturated carbocycles. The minimum absolute atomic E-state index is 0.160. The third kappa shape index (κ3) is 3.85. The third-order valence-corrected chi connectivity index (χ3v) is 3.67. The van der Waals surface area contributed by atoms with Crippen molar-refractivity contribution in [1.82, 2.24) is 5.32 Å². The molecule has 1 fully saturated rings. The molecule has 0 radical (unpaired) electrons. The van der Waals surface area contributed by atoms with Crippen LogP contribution in [0.15, 0.2) is 18.2 Å². The first kappa shape index (κ1) is 13.2. The average molecular weight is 274 g/mol. The van der Waals surface area contributed by atoms with Gasteiger partial charge in [-0.15, -0.1) is 0 Å². The molecule has 1 aromatic rings. The van der Waals surface area contributed by atoms with Gasteiger partial charge in [-0.1, -0.05) is 23.2 Å². The summed E-state index contributed by atoms with van der Waals surface area (Å²) in [6.45, 7) is 4.69. The van der Waals surface area contributed by atoms with Crippen molar-refractivity contribution >= 4 is 23.2 Å². The van der Waals surface area contributed by atoms with Crippen molar-refractivity contribution in [2.24, 2.45) is 0 Å². The molecule has 4 heteroatoms. The molecule has 94 valence electrons. The largest absolute Gasteiger partial charge is 0.381 e. The van der Waals surface area contributed by atoms with Gasteiger partial charge in [-0.05, 0) is 43.5 Å². The predicted molar refractivity (Wildman–Crippen MR) is 71.8 cm³/mol. The Morgan fingerprint density at radius 3 is 2.35 bits per heavy atom. The van der Waals surface area contributed by atoms with Crippen molar-refractivity contribution in [2.75, 3.05) is 13.2 Å². The SMILES string of the molecule is CC1(NCc2cc(Cl)cc(Cl)c2)CCOCC1. The lowest BCUT2D eigenvalue weighted by molar-refractivity contribution is 0.0446. The number of ether oxygens (including phenoxy) is 1. The number of rotatable bonds is 3. The molecule has 0 bridgehead atoms. The first-order valence-electron chi connectivity index (χ1n) is 5.85. The Kier molecular flexibility index (Phi) is 4.31. The van der Waals surface area contributed by atoms with Crippen molar-refractivity contribution in [1.29, 1.82) is 0 Å². The second kappa shape index (κ2) is 5.57. The number of hydrogen-bond donors (Lipinski definition) is 1. The molecule has 0 unspecified atom stereocenters. The third-order valence-electron chi connectivity index (χ3n) is 3.24. The van der Waals surface area contributed by atoms with E-state index in [0.29, 0.717) is 10.0 Å². The van der Waals surface area contributed by atoms with Crippen LogP contribution in [-0.2, 0) is 11.3 Å². The Hall–Kier alpha value is -0.280. The maximum atomic E-state index is 5.97. The smallest absolute Gasteiger partial charge is 0.0483 e. The maximum Gasteiger partial charge on any atom is 0.0483 e. The second-order valence-corrected chi connectivity index (χ2v) is 5.68. The molecule has 1 aliphatic heterocycles. The molecule has 1 N–H and O–H groups in total. The quantitative estimate of drug-likeness (QED) is 0.908. The van der Waals surface area contributed by atoms with Gasteiger partial charge in [0, 0.05) is 35.3 Å². The fourth-order valence-electron chi connectivity index (χ4n) is 2.03. The first-order chi connectivity index (χ1) is 8.07. The van der Waals surface area contributed by atoms with E-state index in [2.05, 4.69) is 12.2 Å². The normalized spacial score (nSPS) is 19.2. The highest BCUT2D eigenvalue weighted by atomic mass is 35.5. The van der Waals surface area contributed by atoms with Crippen LogP contribution in [0.2, 0.25) is 10.0 Å². The average Bonchev–Trinajstić information content (AvgIpc) is 2.26. The highest BCUT2D eigenvalue weighted by Crippen LogP contribution is 2.22. The molecule has 1 heterocycles. The molecule has 2 nitrogen and oxygen atoms in total. The van der Waals surface area contributed by atoms with Crippen LogP contribution in [0.25, 0.3) is 0 Å². The van der Waals surface area contributed by atoms with Gasteiger partial charge in [0.25, 0.3) is 0 Å². The predicted octanol–water partition coefficient (Wildman–Crippen LogP) is 3.65. The molecular formula is C13H17Cl2NO. The van der Waals surface area contributed by atoms with E-state index in [9.17, 15) is 0 Å². The standard InChI is InChI=1S/C13H17Cl2NO/c1-13(2-4-17-5-3-13)16-9-10-6-11(14)8-12(15)7-10/h6-8,16H,2-5,9H2,1H3. The van der Waals surface area contributed by atoms with Gasteiger partial charge in [-0.2, -0.15) is 0 Å². The van der Waals surface area contributed by atoms with Crippen molar-refractivity contribution in [3.8, 4) is 0 Å². The monoisotopic (exact) mass is 273 g/mol. The van der Waals surface area contributed by atoms with E-state index in [1.54, 1.807) is 6.07 Å². The van der Waals surface area contributed by atoms with Crippen molar-refractivity contribution in [2.45, 2.75) is 31.8 Å². The van der Waals surface area contributed by atoms with Gasteiger partial charge in [-0.3, -0.25) is 0 Å². The van der Waals surface area contributed by atoms with Crippen molar-refractivity contribution in [3.05, 3.63) is 33.8 Å². The summed E-state index contributed by atoms with van der Waals surface area (Å²) >= 11 is 11.9. The van der Waals surface area contributed by atoms with Crippen LogP contribution >= 0.6 is 23.2 Å². The zero-order valence-corrected chi connectivity index (χ0v) is 11.4. The number of benzene rings is 1. The van der Waals surface area contributed by atoms with Gasteiger partial charge in [0.15, 0.2) is 0 Å². The van der Waals surface area contributed by atoms with Gasteiger partial charge in [0.1, 0.15) is 0 Å². The van der Waals surface area contributed by atoms with E-state index in [-0.39, 0.29) is 5.54 Å². The number of halogens is 2. The summed E-state index contributed by atoms with van der Waals surface area (Å²) in [5.41, 5.74) is 1.28. The van der Waals surface area contributed by atoms with Crippen molar-refractivity contribution in [3.63, 3.8) is 0 Å². The lowest BCUT2D eigenvalue weighted by atomic mass is 9.92. The fraction of sp³-hybridized carbons (Fsp3) is 0.538. The lowest BCUT2D eigenvalue weighted by Gasteiger charge is -2.34. The maximum absolute atomic E-state index is 5.97. The Morgan fingerprint density at radius 1 is 1.18 bits per heavy atom. The molecule has 0 spiro atoms. The molecule has 1 saturated heterocycles. The van der Waals surface area contributed by atoms with Crippen LogP contribution < -0.4 is 5.32 Å². The minimum atomic E-state index is 0.160. The summed E-state index contributed by atoms with van der Waals surface area (Å²) in [6, 6.07) is 5.65. The minimum Gasteiger partial charge on any atom is -0.381 e. The van der Waals surface area contributed by atoms with Gasteiger partial charge in [0.05, 0.1) is 0 Å². The number of nitrogens with one attached hydrogen (secondary N) is 1. The number of hydrogen-bond acceptors (Lipinski definition) is 2. The summed E-state index contributed by atoms with van der Waals surface area (Å²) in [6.07, 6.45) is 2.09. The van der Waals surface area contributed by atoms with Crippen LogP contribution in [0.4, 0.5) is 0 Å². The van der Waals surface area contributed by atoms with Gasteiger partial charge in [0.2, 0.25) is 0 Å². The van der Waals surface area contributed by atoms with Crippen LogP contribution in [0.1, 0.15) is 25.3 Å². The summed E-state index contributed by atoms with van der Waals surface area (Å²) in [5.74, 6) is 0. The van der Waals surface area contributed by atoms with E-state index < -0.39 is 0 Å². The Balaban J connectivity index is 1.96. The molecule has 0 aromatic heterocycles. The highest BCUT2D eigenvalue weighted by Gasteiger charge is 2.26. The Morgan fingerprint density at radius 2 is 1.76 bits per heavy atom. The molecule has 0 atom stereocenters. The molecule has 0 aliphatic carbocycles. The zero-order valence-electron chi connectivity index (χ0n) is 9.93. The molecule has 1 aromatic carbocycles. The first-order valence-corrected chi connectivity index (χ1v) is 6.61. The lowest BCUT2D eigenvalue weighted by Crippen LogP contribution is -2.46. The van der Waals surface area contributed by atoms with E-state index in [0.717, 1.165) is 38.2 Å². The van der Waals surface area contributed by atoms with E-state index in [1.165, 1.54) is 0 Å². The van der Waals surface area contributed by atoms with E-state index in [4.69, 9.17) is 27.9 Å². The zero-order chi connectivity index (χ0) is 12.3. The van der Waals surface area contributed by atoms with E-state index in [1.807, 2.05) is 12.1 Å². The summed E-state index contributed by atoms with van der Waals surface area (Å²) < 4.78 is 5.37. The van der Waals surface area contributed by atoms with Gasteiger partial charge in [-0.25, -0.2) is 0 Å². The Bertz CT molecular complexity index is 369. The van der Waals surface area contributed by atoms with Crippen LogP contribution in [0.3, 0.4) is 0 Å². The molecule has 0 amide bonds. The topological polar surface area (TPSA) is 21.3 Å². The van der Waals surface area contributed by atoms with E-state index >= 15 is 0 Å². The van der Waals surface area contributed by atoms with Gasteiger partial charge >= 0.3 is 0 Å². The molecule has 1 aliphatic rings. The fourth-order valence-corrected chi connectivity index (χ4v) is 2.60. The second-order valence-electron chi connectivity index (χ2n) is 4.80. The summed E-state index contributed by atoms with van der Waals surface area (Å²) in [7, 11) is 0. The molecule has 17 heavy (non-hydrogen) atoms. The van der Waals surface area contributed by atoms with Gasteiger partial charge < -0.3 is 10.1 Å². The summed E-state index contributed by atoms with van der Waals surface area (Å²) in [5, 5.41) is 4.94.